The third kappa shape index (κ3) is 7.54. The lowest BCUT2D eigenvalue weighted by molar-refractivity contribution is -0.198. The third-order valence-corrected chi connectivity index (χ3v) is 14.5. The van der Waals surface area contributed by atoms with E-state index >= 15 is 0 Å². The molecule has 57 heavy (non-hydrogen) atoms. The maximum atomic E-state index is 10.7. The van der Waals surface area contributed by atoms with E-state index in [2.05, 4.69) is 52.7 Å². The van der Waals surface area contributed by atoms with Gasteiger partial charge in [0.25, 0.3) is 5.95 Å². The fraction of sp³-hybridized carbons (Fsp3) is 0.545. The van der Waals surface area contributed by atoms with Crippen LogP contribution < -0.4 is 11.1 Å². The van der Waals surface area contributed by atoms with Crippen molar-refractivity contribution in [1.29, 1.82) is 5.41 Å². The van der Waals surface area contributed by atoms with E-state index in [-0.39, 0.29) is 17.7 Å². The van der Waals surface area contributed by atoms with Gasteiger partial charge >= 0.3 is 0 Å². The van der Waals surface area contributed by atoms with Crippen LogP contribution in [-0.4, -0.2) is 84.8 Å². The van der Waals surface area contributed by atoms with Crippen LogP contribution in [0.1, 0.15) is 96.2 Å². The number of aromatic nitrogens is 3. The standard InChI is InChI=1S/C44H59N9O3S/c1-28(37(45)50-40-48-33-11-6-7-12-34(33)57-40)30-10-8-17-52(38(30)46)35-14-13-31(36(49-35)39(55)56)32-20-47-53(29(32)2)27-44-24-41(3)21-42(4,25-44)23-43(22-41,26-44)15-9-16-51(5)18-19-54/h6-7,11-14,20,46,49,54-56H,8-10,15-19,21-27H2,1-5H3,(H2,45,48,50)/b30-28-,46-38?. The fourth-order valence-electron chi connectivity index (χ4n) is 12.5. The average molecular weight is 794 g/mol. The smallest absolute Gasteiger partial charge is 0.299 e. The van der Waals surface area contributed by atoms with E-state index in [1.807, 2.05) is 54.4 Å². The van der Waals surface area contributed by atoms with Gasteiger partial charge in [-0.25, -0.2) is 9.98 Å². The number of aliphatic hydroxyl groups excluding tert-OH is 2. The Hall–Kier alpha value is -4.46. The molecule has 0 radical (unpaired) electrons. The van der Waals surface area contributed by atoms with Crippen LogP contribution in [0, 0.1) is 34.0 Å². The van der Waals surface area contributed by atoms with Crippen molar-refractivity contribution in [1.82, 2.24) is 29.9 Å². The number of rotatable bonds is 12. The van der Waals surface area contributed by atoms with Crippen LogP contribution in [0.15, 0.2) is 76.2 Å². The van der Waals surface area contributed by atoms with Crippen molar-refractivity contribution in [3.8, 4) is 0 Å². The van der Waals surface area contributed by atoms with E-state index in [4.69, 9.17) is 10.8 Å². The molecule has 4 heterocycles. The molecule has 7 N–H and O–H groups in total. The first-order valence-electron chi connectivity index (χ1n) is 20.5. The molecule has 4 bridgehead atoms. The number of thiazole rings is 1. The van der Waals surface area contributed by atoms with E-state index in [1.165, 1.54) is 56.3 Å². The summed E-state index contributed by atoms with van der Waals surface area (Å²) in [6, 6.07) is 7.89. The maximum Gasteiger partial charge on any atom is 0.299 e. The first kappa shape index (κ1) is 39.4. The van der Waals surface area contributed by atoms with Crippen LogP contribution in [-0.2, 0) is 6.54 Å². The van der Waals surface area contributed by atoms with Crippen molar-refractivity contribution in [2.45, 2.75) is 98.4 Å². The Morgan fingerprint density at radius 3 is 2.51 bits per heavy atom. The molecule has 304 valence electrons. The normalized spacial score (nSPS) is 29.6. The SMILES string of the molecule is CC(=C1\CCCN(C2=CC=C(c3cnn(CC45CC6(C)CC(C)(CC(CCCN(C)CCO)(C6)C4)C5)c3C)C(=C(O)O)N2)C1=N)/C(N)=N\c1nc2ccccc2s1. The van der Waals surface area contributed by atoms with Gasteiger partial charge in [0.15, 0.2) is 0 Å². The quantitative estimate of drug-likeness (QED) is 0.0603. The highest BCUT2D eigenvalue weighted by atomic mass is 32.1. The van der Waals surface area contributed by atoms with Gasteiger partial charge in [0.05, 0.1) is 23.0 Å². The molecule has 12 nitrogen and oxygen atoms in total. The minimum absolute atomic E-state index is 0.161. The van der Waals surface area contributed by atoms with Gasteiger partial charge in [-0.3, -0.25) is 10.1 Å². The Bertz CT molecular complexity index is 2190. The monoisotopic (exact) mass is 793 g/mol. The molecule has 5 fully saturated rings. The summed E-state index contributed by atoms with van der Waals surface area (Å²) in [6.45, 7) is 12.4. The number of fused-ring (bicyclic) bond motifs is 1. The number of aliphatic imine (C=N–C) groups is 1. The van der Waals surface area contributed by atoms with Crippen LogP contribution in [0.4, 0.5) is 5.13 Å². The van der Waals surface area contributed by atoms with Crippen LogP contribution in [0.25, 0.3) is 15.8 Å². The van der Waals surface area contributed by atoms with Crippen molar-refractivity contribution >= 4 is 43.9 Å². The van der Waals surface area contributed by atoms with Crippen molar-refractivity contribution in [3.05, 3.63) is 82.5 Å². The molecule has 2 aliphatic heterocycles. The van der Waals surface area contributed by atoms with Gasteiger partial charge in [-0.15, -0.1) is 0 Å². The molecular formula is C44H59N9O3S. The molecule has 1 aromatic carbocycles. The molecule has 3 aromatic rings. The average Bonchev–Trinajstić information content (AvgIpc) is 3.71. The number of para-hydroxylation sites is 1. The van der Waals surface area contributed by atoms with Crippen LogP contribution in [0.5, 0.6) is 0 Å². The molecule has 2 atom stereocenters. The molecule has 4 saturated carbocycles. The number of nitrogens with zero attached hydrogens (tertiary/aromatic N) is 6. The first-order chi connectivity index (χ1) is 27.1. The number of amidine groups is 2. The van der Waals surface area contributed by atoms with E-state index in [0.29, 0.717) is 57.4 Å². The van der Waals surface area contributed by atoms with E-state index < -0.39 is 5.95 Å². The predicted molar refractivity (Wildman–Crippen MR) is 228 cm³/mol. The number of hydrogen-bond acceptors (Lipinski definition) is 10. The van der Waals surface area contributed by atoms with Gasteiger partial charge in [-0.2, -0.15) is 5.10 Å². The zero-order valence-electron chi connectivity index (χ0n) is 34.2. The summed E-state index contributed by atoms with van der Waals surface area (Å²) in [5.74, 6) is 0.401. The van der Waals surface area contributed by atoms with E-state index in [0.717, 1.165) is 65.1 Å². The highest BCUT2D eigenvalue weighted by Crippen LogP contribution is 2.75. The minimum atomic E-state index is -0.810. The molecule has 1 saturated heterocycles. The number of nitrogens with one attached hydrogen (secondary N) is 2. The Balaban J connectivity index is 1.03. The number of dihydropyridines is 1. The Kier molecular flexibility index (Phi) is 10.2. The van der Waals surface area contributed by atoms with Crippen molar-refractivity contribution in [2.24, 2.45) is 32.4 Å². The number of allylic oxidation sites excluding steroid dienone is 3. The van der Waals surface area contributed by atoms with Crippen LogP contribution in [0.2, 0.25) is 0 Å². The molecule has 9 rings (SSSR count). The summed E-state index contributed by atoms with van der Waals surface area (Å²) in [5, 5.41) is 48.8. The molecule has 2 unspecified atom stereocenters. The number of likely N-dealkylation sites (N-methyl/N-ethyl adjacent to an activating group) is 1. The van der Waals surface area contributed by atoms with Gasteiger partial charge in [0.1, 0.15) is 23.2 Å². The Labute approximate surface area is 340 Å². The summed E-state index contributed by atoms with van der Waals surface area (Å²) >= 11 is 1.48. The molecule has 13 heteroatoms. The Morgan fingerprint density at radius 2 is 1.79 bits per heavy atom. The molecule has 6 aliphatic rings. The summed E-state index contributed by atoms with van der Waals surface area (Å²) in [5.41, 5.74) is 12.8. The zero-order valence-corrected chi connectivity index (χ0v) is 35.0. The summed E-state index contributed by atoms with van der Waals surface area (Å²) in [4.78, 5) is 13.3. The lowest BCUT2D eigenvalue weighted by Gasteiger charge is -2.70. The molecular weight excluding hydrogens is 735 g/mol. The topological polar surface area (TPSA) is 172 Å². The number of benzene rings is 1. The minimum Gasteiger partial charge on any atom is -0.480 e. The Morgan fingerprint density at radius 1 is 1.05 bits per heavy atom. The number of piperidine rings is 1. The number of likely N-dealkylation sites (tertiary alicyclic amines) is 1. The molecule has 2 aromatic heterocycles. The van der Waals surface area contributed by atoms with Gasteiger partial charge < -0.3 is 36.2 Å². The lowest BCUT2D eigenvalue weighted by atomic mass is 9.35. The lowest BCUT2D eigenvalue weighted by Crippen LogP contribution is -2.60. The third-order valence-electron chi connectivity index (χ3n) is 13.6. The van der Waals surface area contributed by atoms with Gasteiger partial charge in [0.2, 0.25) is 5.13 Å². The summed E-state index contributed by atoms with van der Waals surface area (Å²) < 4.78 is 3.21. The predicted octanol–water partition coefficient (Wildman–Crippen LogP) is 8.06. The summed E-state index contributed by atoms with van der Waals surface area (Å²) in [6.07, 6.45) is 17.1. The molecule has 0 amide bonds. The fourth-order valence-corrected chi connectivity index (χ4v) is 13.4. The highest BCUT2D eigenvalue weighted by molar-refractivity contribution is 7.22. The van der Waals surface area contributed by atoms with E-state index in [9.17, 15) is 20.7 Å². The second-order valence-corrected chi connectivity index (χ2v) is 19.7. The number of aliphatic hydroxyl groups is 3. The second-order valence-electron chi connectivity index (χ2n) is 18.7. The maximum absolute atomic E-state index is 10.7. The van der Waals surface area contributed by atoms with Crippen LogP contribution in [0.3, 0.4) is 0 Å². The second kappa shape index (κ2) is 14.7. The van der Waals surface area contributed by atoms with Crippen molar-refractivity contribution in [3.63, 3.8) is 0 Å². The molecule has 4 aliphatic carbocycles. The van der Waals surface area contributed by atoms with Crippen molar-refractivity contribution in [2.75, 3.05) is 33.3 Å². The largest absolute Gasteiger partial charge is 0.480 e. The zero-order chi connectivity index (χ0) is 40.3. The summed E-state index contributed by atoms with van der Waals surface area (Å²) in [7, 11) is 2.11. The first-order valence-corrected chi connectivity index (χ1v) is 21.3. The number of nitrogens with two attached hydrogens (primary N) is 1. The van der Waals surface area contributed by atoms with Crippen LogP contribution >= 0.6 is 11.3 Å². The van der Waals surface area contributed by atoms with Gasteiger partial charge in [-0.05, 0) is 143 Å². The van der Waals surface area contributed by atoms with E-state index in [1.54, 1.807) is 0 Å². The van der Waals surface area contributed by atoms with Crippen molar-refractivity contribution < 1.29 is 15.3 Å². The van der Waals surface area contributed by atoms with Gasteiger partial charge in [0, 0.05) is 42.0 Å². The highest BCUT2D eigenvalue weighted by Gasteiger charge is 2.65. The van der Waals surface area contributed by atoms with Gasteiger partial charge in [-0.1, -0.05) is 37.3 Å². The number of hydrogen-bond donors (Lipinski definition) is 6. The molecule has 0 spiro atoms.